The Morgan fingerprint density at radius 1 is 1.03 bits per heavy atom. The van der Waals surface area contributed by atoms with Gasteiger partial charge in [-0.2, -0.15) is 0 Å². The number of rotatable bonds is 8. The van der Waals surface area contributed by atoms with Crippen LogP contribution < -0.4 is 14.4 Å². The van der Waals surface area contributed by atoms with E-state index in [4.69, 9.17) is 4.74 Å². The molecule has 184 valence electrons. The van der Waals surface area contributed by atoms with E-state index in [0.29, 0.717) is 17.2 Å². The second-order valence-corrected chi connectivity index (χ2v) is 11.3. The van der Waals surface area contributed by atoms with Gasteiger partial charge in [0.2, 0.25) is 10.0 Å². The van der Waals surface area contributed by atoms with Gasteiger partial charge in [0, 0.05) is 23.8 Å². The topological polar surface area (TPSA) is 75.7 Å². The molecular weight excluding hydrogens is 460 g/mol. The third kappa shape index (κ3) is 5.57. The van der Waals surface area contributed by atoms with E-state index in [1.54, 1.807) is 48.4 Å². The molecule has 0 radical (unpaired) electrons. The minimum Gasteiger partial charge on any atom is -0.497 e. The van der Waals surface area contributed by atoms with E-state index in [1.807, 2.05) is 37.3 Å². The Balaban J connectivity index is 1.50. The molecule has 4 rings (SSSR count). The van der Waals surface area contributed by atoms with Crippen LogP contribution in [0.15, 0.2) is 71.6 Å². The number of sulfonamides is 1. The molecule has 3 aromatic carbocycles. The Kier molecular flexibility index (Phi) is 7.28. The van der Waals surface area contributed by atoms with Crippen molar-refractivity contribution in [1.82, 2.24) is 4.72 Å². The van der Waals surface area contributed by atoms with Gasteiger partial charge in [-0.05, 0) is 84.8 Å². The zero-order chi connectivity index (χ0) is 25.2. The molecular formula is C28H32N2O4S. The van der Waals surface area contributed by atoms with Gasteiger partial charge in [-0.1, -0.05) is 38.1 Å². The normalized spacial score (nSPS) is 15.3. The van der Waals surface area contributed by atoms with Crippen molar-refractivity contribution in [3.8, 4) is 5.75 Å². The monoisotopic (exact) mass is 492 g/mol. The number of ether oxygens (including phenoxy) is 1. The molecule has 0 aliphatic carbocycles. The van der Waals surface area contributed by atoms with Gasteiger partial charge in [0.15, 0.2) is 0 Å². The lowest BCUT2D eigenvalue weighted by atomic mass is 10.0. The summed E-state index contributed by atoms with van der Waals surface area (Å²) in [5.74, 6) is 1.12. The molecule has 1 amide bonds. The Labute approximate surface area is 208 Å². The molecule has 6 nitrogen and oxygen atoms in total. The van der Waals surface area contributed by atoms with Crippen LogP contribution >= 0.6 is 0 Å². The third-order valence-corrected chi connectivity index (χ3v) is 7.68. The van der Waals surface area contributed by atoms with Crippen LogP contribution in [0.3, 0.4) is 0 Å². The lowest BCUT2D eigenvalue weighted by Gasteiger charge is -2.23. The third-order valence-electron chi connectivity index (χ3n) is 6.27. The first-order valence-electron chi connectivity index (χ1n) is 11.9. The highest BCUT2D eigenvalue weighted by molar-refractivity contribution is 7.89. The minimum atomic E-state index is -3.65. The highest BCUT2D eigenvalue weighted by Gasteiger charge is 2.31. The predicted octanol–water partition coefficient (Wildman–Crippen LogP) is 4.96. The van der Waals surface area contributed by atoms with Gasteiger partial charge in [-0.15, -0.1) is 0 Å². The Morgan fingerprint density at radius 3 is 2.31 bits per heavy atom. The fraction of sp³-hybridized carbons (Fsp3) is 0.321. The number of hydrogen-bond donors (Lipinski definition) is 1. The van der Waals surface area contributed by atoms with E-state index >= 15 is 0 Å². The molecule has 0 spiro atoms. The number of carbonyl (C=O) groups excluding carboxylic acids is 1. The Hall–Kier alpha value is -3.16. The molecule has 1 aliphatic rings. The summed E-state index contributed by atoms with van der Waals surface area (Å²) in [6.07, 6.45) is 1.67. The largest absolute Gasteiger partial charge is 0.497 e. The minimum absolute atomic E-state index is 0.0101. The van der Waals surface area contributed by atoms with Crippen molar-refractivity contribution >= 4 is 21.6 Å². The molecule has 1 aliphatic heterocycles. The smallest absolute Gasteiger partial charge is 0.258 e. The zero-order valence-corrected chi connectivity index (χ0v) is 21.4. The van der Waals surface area contributed by atoms with E-state index in [1.165, 1.54) is 0 Å². The number of methoxy groups -OCH3 is 1. The van der Waals surface area contributed by atoms with Crippen LogP contribution in [0.4, 0.5) is 5.69 Å². The molecule has 1 heterocycles. The first kappa shape index (κ1) is 24.9. The highest BCUT2D eigenvalue weighted by Crippen LogP contribution is 2.34. The summed E-state index contributed by atoms with van der Waals surface area (Å²) in [6, 6.07) is 19.9. The summed E-state index contributed by atoms with van der Waals surface area (Å²) in [6.45, 7) is 6.43. The van der Waals surface area contributed by atoms with Gasteiger partial charge in [0.05, 0.1) is 12.0 Å². The maximum absolute atomic E-state index is 13.3. The average molecular weight is 493 g/mol. The summed E-state index contributed by atoms with van der Waals surface area (Å²) in [7, 11) is -2.06. The first-order chi connectivity index (χ1) is 16.7. The molecule has 1 N–H and O–H groups in total. The molecule has 0 unspecified atom stereocenters. The van der Waals surface area contributed by atoms with Crippen LogP contribution in [-0.2, 0) is 29.4 Å². The summed E-state index contributed by atoms with van der Waals surface area (Å²) in [5, 5.41) is 0. The average Bonchev–Trinajstić information content (AvgIpc) is 3.17. The van der Waals surface area contributed by atoms with Gasteiger partial charge in [0.1, 0.15) is 5.75 Å². The van der Waals surface area contributed by atoms with Crippen LogP contribution in [0.1, 0.15) is 47.8 Å². The number of fused-ring (bicyclic) bond motifs is 1. The summed E-state index contributed by atoms with van der Waals surface area (Å²) in [4.78, 5) is 15.3. The molecule has 7 heteroatoms. The van der Waals surface area contributed by atoms with Crippen LogP contribution in [0.2, 0.25) is 0 Å². The van der Waals surface area contributed by atoms with Gasteiger partial charge in [-0.3, -0.25) is 4.79 Å². The predicted molar refractivity (Wildman–Crippen MR) is 138 cm³/mol. The van der Waals surface area contributed by atoms with E-state index in [9.17, 15) is 13.2 Å². The fourth-order valence-corrected chi connectivity index (χ4v) is 5.50. The van der Waals surface area contributed by atoms with E-state index in [2.05, 4.69) is 18.6 Å². The van der Waals surface area contributed by atoms with Crippen LogP contribution in [-0.4, -0.2) is 27.5 Å². The molecule has 0 saturated heterocycles. The highest BCUT2D eigenvalue weighted by atomic mass is 32.2. The number of nitrogens with one attached hydrogen (secondary N) is 1. The SMILES string of the molecule is COc1ccc(C(=O)N2c3cc(CNS(=O)(=O)c4ccc(CC(C)C)cc4)ccc3C[C@H]2C)cc1. The number of anilines is 1. The molecule has 1 atom stereocenters. The number of nitrogens with zero attached hydrogens (tertiary/aromatic N) is 1. The quantitative estimate of drug-likeness (QED) is 0.482. The van der Waals surface area contributed by atoms with Crippen LogP contribution in [0.5, 0.6) is 5.75 Å². The van der Waals surface area contributed by atoms with Crippen molar-refractivity contribution < 1.29 is 17.9 Å². The van der Waals surface area contributed by atoms with Crippen molar-refractivity contribution in [2.75, 3.05) is 12.0 Å². The lowest BCUT2D eigenvalue weighted by molar-refractivity contribution is 0.0981. The van der Waals surface area contributed by atoms with Crippen molar-refractivity contribution in [3.63, 3.8) is 0 Å². The Morgan fingerprint density at radius 2 is 1.69 bits per heavy atom. The standard InChI is InChI=1S/C28H32N2O4S/c1-19(2)15-21-6-13-26(14-7-21)35(32,33)29-18-22-5-8-24-16-20(3)30(27(24)17-22)28(31)23-9-11-25(34-4)12-10-23/h5-14,17,19-20,29H,15-16,18H2,1-4H3/t20-/m1/s1. The fourth-order valence-electron chi connectivity index (χ4n) is 4.48. The summed E-state index contributed by atoms with van der Waals surface area (Å²) < 4.78 is 33.6. The molecule has 3 aromatic rings. The number of amides is 1. The van der Waals surface area contributed by atoms with E-state index in [0.717, 1.165) is 35.2 Å². The van der Waals surface area contributed by atoms with Crippen molar-refractivity contribution in [2.45, 2.75) is 51.1 Å². The maximum atomic E-state index is 13.3. The van der Waals surface area contributed by atoms with Crippen LogP contribution in [0, 0.1) is 5.92 Å². The molecule has 0 fully saturated rings. The van der Waals surface area contributed by atoms with Crippen LogP contribution in [0.25, 0.3) is 0 Å². The van der Waals surface area contributed by atoms with Gasteiger partial charge < -0.3 is 9.64 Å². The van der Waals surface area contributed by atoms with E-state index < -0.39 is 10.0 Å². The molecule has 0 aromatic heterocycles. The van der Waals surface area contributed by atoms with Gasteiger partial charge in [-0.25, -0.2) is 13.1 Å². The Bertz CT molecular complexity index is 1300. The number of benzene rings is 3. The number of carbonyl (C=O) groups is 1. The van der Waals surface area contributed by atoms with Gasteiger partial charge >= 0.3 is 0 Å². The second-order valence-electron chi connectivity index (χ2n) is 9.49. The lowest BCUT2D eigenvalue weighted by Crippen LogP contribution is -2.35. The van der Waals surface area contributed by atoms with Crippen molar-refractivity contribution in [2.24, 2.45) is 5.92 Å². The zero-order valence-electron chi connectivity index (χ0n) is 20.6. The maximum Gasteiger partial charge on any atom is 0.258 e. The van der Waals surface area contributed by atoms with E-state index in [-0.39, 0.29) is 23.4 Å². The number of hydrogen-bond acceptors (Lipinski definition) is 4. The van der Waals surface area contributed by atoms with Crippen molar-refractivity contribution in [3.05, 3.63) is 89.0 Å². The second kappa shape index (κ2) is 10.2. The molecule has 0 saturated carbocycles. The molecule has 0 bridgehead atoms. The van der Waals surface area contributed by atoms with Gasteiger partial charge in [0.25, 0.3) is 5.91 Å². The summed E-state index contributed by atoms with van der Waals surface area (Å²) >= 11 is 0. The van der Waals surface area contributed by atoms with Crippen molar-refractivity contribution in [1.29, 1.82) is 0 Å². The molecule has 35 heavy (non-hydrogen) atoms. The first-order valence-corrected chi connectivity index (χ1v) is 13.3. The summed E-state index contributed by atoms with van der Waals surface area (Å²) in [5.41, 5.74) is 4.40.